The molecule has 0 spiro atoms. The van der Waals surface area contributed by atoms with Gasteiger partial charge >= 0.3 is 0 Å². The van der Waals surface area contributed by atoms with Crippen LogP contribution in [0.2, 0.25) is 0 Å². The molecule has 1 N–H and O–H groups in total. The first kappa shape index (κ1) is 12.5. The van der Waals surface area contributed by atoms with E-state index in [1.807, 2.05) is 11.3 Å². The Hall–Kier alpha value is 0.01000. The molecule has 16 heavy (non-hydrogen) atoms. The van der Waals surface area contributed by atoms with Gasteiger partial charge in [-0.25, -0.2) is 0 Å². The van der Waals surface area contributed by atoms with Gasteiger partial charge in [-0.2, -0.15) is 11.8 Å². The molecule has 1 unspecified atom stereocenters. The van der Waals surface area contributed by atoms with Crippen molar-refractivity contribution in [1.82, 2.24) is 5.32 Å². The van der Waals surface area contributed by atoms with Crippen LogP contribution in [0.4, 0.5) is 0 Å². The topological polar surface area (TPSA) is 12.0 Å². The summed E-state index contributed by atoms with van der Waals surface area (Å²) in [5, 5.41) is 3.73. The van der Waals surface area contributed by atoms with Crippen molar-refractivity contribution >= 4 is 23.1 Å². The van der Waals surface area contributed by atoms with E-state index in [4.69, 9.17) is 0 Å². The van der Waals surface area contributed by atoms with Crippen molar-refractivity contribution < 1.29 is 0 Å². The van der Waals surface area contributed by atoms with Crippen LogP contribution >= 0.6 is 23.1 Å². The molecule has 1 aliphatic rings. The van der Waals surface area contributed by atoms with Gasteiger partial charge in [-0.1, -0.05) is 13.8 Å². The average molecular weight is 255 g/mol. The van der Waals surface area contributed by atoms with Crippen molar-refractivity contribution in [2.75, 3.05) is 11.5 Å². The molecule has 1 saturated heterocycles. The minimum atomic E-state index is 0.456. The molecule has 1 atom stereocenters. The molecule has 0 radical (unpaired) electrons. The van der Waals surface area contributed by atoms with Crippen LogP contribution < -0.4 is 5.32 Å². The van der Waals surface area contributed by atoms with Gasteiger partial charge in [-0.15, -0.1) is 11.3 Å². The van der Waals surface area contributed by atoms with E-state index in [0.29, 0.717) is 11.5 Å². The van der Waals surface area contributed by atoms with Gasteiger partial charge in [0.1, 0.15) is 0 Å². The Morgan fingerprint density at radius 2 is 2.25 bits per heavy atom. The van der Waals surface area contributed by atoms with Crippen LogP contribution in [-0.4, -0.2) is 17.5 Å². The van der Waals surface area contributed by atoms with Gasteiger partial charge in [-0.3, -0.25) is 0 Å². The summed E-state index contributed by atoms with van der Waals surface area (Å²) in [6.07, 6.45) is 1.33. The van der Waals surface area contributed by atoms with E-state index >= 15 is 0 Å². The lowest BCUT2D eigenvalue weighted by molar-refractivity contribution is 0.245. The minimum absolute atomic E-state index is 0.456. The highest BCUT2D eigenvalue weighted by atomic mass is 32.2. The second-order valence-electron chi connectivity index (χ2n) is 5.26. The molecular weight excluding hydrogens is 234 g/mol. The number of rotatable bonds is 3. The second kappa shape index (κ2) is 5.11. The maximum atomic E-state index is 3.73. The maximum Gasteiger partial charge on any atom is 0.0302 e. The first-order valence-electron chi connectivity index (χ1n) is 5.94. The smallest absolute Gasteiger partial charge is 0.0302 e. The quantitative estimate of drug-likeness (QED) is 0.884. The van der Waals surface area contributed by atoms with Gasteiger partial charge in [0.25, 0.3) is 0 Å². The summed E-state index contributed by atoms with van der Waals surface area (Å²) < 4.78 is 0. The van der Waals surface area contributed by atoms with Gasteiger partial charge < -0.3 is 5.32 Å². The highest BCUT2D eigenvalue weighted by Gasteiger charge is 2.31. The first-order valence-corrected chi connectivity index (χ1v) is 7.91. The van der Waals surface area contributed by atoms with Crippen LogP contribution in [0.3, 0.4) is 0 Å². The molecule has 2 rings (SSSR count). The van der Waals surface area contributed by atoms with Gasteiger partial charge in [-0.05, 0) is 36.6 Å². The van der Waals surface area contributed by atoms with Crippen molar-refractivity contribution in [2.24, 2.45) is 5.41 Å². The number of hydrogen-bond donors (Lipinski definition) is 1. The van der Waals surface area contributed by atoms with Crippen LogP contribution in [0.15, 0.2) is 12.1 Å². The Kier molecular flexibility index (Phi) is 3.98. The highest BCUT2D eigenvalue weighted by molar-refractivity contribution is 7.99. The Labute approximate surface area is 107 Å². The zero-order valence-electron chi connectivity index (χ0n) is 10.4. The number of aryl methyl sites for hydroxylation is 1. The molecular formula is C13H21NS2. The van der Waals surface area contributed by atoms with Crippen molar-refractivity contribution in [3.8, 4) is 0 Å². The molecule has 1 aromatic rings. The van der Waals surface area contributed by atoms with Crippen molar-refractivity contribution in [1.29, 1.82) is 0 Å². The normalized spacial score (nSPS) is 24.6. The number of thioether (sulfide) groups is 1. The lowest BCUT2D eigenvalue weighted by Gasteiger charge is -2.38. The molecule has 3 heteroatoms. The zero-order chi connectivity index (χ0) is 11.6. The summed E-state index contributed by atoms with van der Waals surface area (Å²) in [4.78, 5) is 2.87. The fraction of sp³-hybridized carbons (Fsp3) is 0.692. The fourth-order valence-electron chi connectivity index (χ4n) is 2.08. The monoisotopic (exact) mass is 255 g/mol. The predicted octanol–water partition coefficient (Wildman–Crippen LogP) is 3.68. The molecule has 1 fully saturated rings. The van der Waals surface area contributed by atoms with Crippen LogP contribution in [0.5, 0.6) is 0 Å². The second-order valence-corrected chi connectivity index (χ2v) is 7.78. The zero-order valence-corrected chi connectivity index (χ0v) is 12.0. The van der Waals surface area contributed by atoms with E-state index in [2.05, 4.69) is 50.0 Å². The molecule has 0 aromatic carbocycles. The summed E-state index contributed by atoms with van der Waals surface area (Å²) >= 11 is 3.99. The Morgan fingerprint density at radius 1 is 1.44 bits per heavy atom. The van der Waals surface area contributed by atoms with E-state index in [0.717, 1.165) is 6.54 Å². The van der Waals surface area contributed by atoms with Crippen molar-refractivity contribution in [3.05, 3.63) is 21.9 Å². The lowest BCUT2D eigenvalue weighted by Crippen LogP contribution is -2.46. The van der Waals surface area contributed by atoms with E-state index < -0.39 is 0 Å². The standard InChI is InChI=1S/C13H21NS2/c1-10-4-5-11(16-10)8-14-12-9-15-7-6-13(12,2)3/h4-5,12,14H,6-9H2,1-3H3. The van der Waals surface area contributed by atoms with Gasteiger partial charge in [0, 0.05) is 28.1 Å². The molecule has 1 nitrogen and oxygen atoms in total. The predicted molar refractivity (Wildman–Crippen MR) is 75.4 cm³/mol. The third kappa shape index (κ3) is 3.02. The first-order chi connectivity index (χ1) is 7.58. The molecule has 0 saturated carbocycles. The summed E-state index contributed by atoms with van der Waals surface area (Å²) in [5.74, 6) is 2.58. The van der Waals surface area contributed by atoms with Crippen LogP contribution in [-0.2, 0) is 6.54 Å². The largest absolute Gasteiger partial charge is 0.308 e. The minimum Gasteiger partial charge on any atom is -0.308 e. The molecule has 0 bridgehead atoms. The molecule has 0 aliphatic carbocycles. The number of nitrogens with one attached hydrogen (secondary N) is 1. The van der Waals surface area contributed by atoms with Gasteiger partial charge in [0.2, 0.25) is 0 Å². The Bertz CT molecular complexity index is 343. The van der Waals surface area contributed by atoms with Crippen molar-refractivity contribution in [2.45, 2.75) is 39.8 Å². The molecule has 1 aliphatic heterocycles. The van der Waals surface area contributed by atoms with E-state index in [9.17, 15) is 0 Å². The highest BCUT2D eigenvalue weighted by Crippen LogP contribution is 2.34. The van der Waals surface area contributed by atoms with Gasteiger partial charge in [0.05, 0.1) is 0 Å². The third-order valence-electron chi connectivity index (χ3n) is 3.44. The SMILES string of the molecule is Cc1ccc(CNC2CSCCC2(C)C)s1. The van der Waals surface area contributed by atoms with Crippen molar-refractivity contribution in [3.63, 3.8) is 0 Å². The molecule has 90 valence electrons. The van der Waals surface area contributed by atoms with E-state index in [1.54, 1.807) is 0 Å². The molecule has 1 aromatic heterocycles. The average Bonchev–Trinajstić information content (AvgIpc) is 2.62. The number of thiophene rings is 1. The molecule has 0 amide bonds. The Morgan fingerprint density at radius 3 is 2.88 bits per heavy atom. The lowest BCUT2D eigenvalue weighted by atomic mass is 9.82. The van der Waals surface area contributed by atoms with Crippen LogP contribution in [0.25, 0.3) is 0 Å². The fourth-order valence-corrected chi connectivity index (χ4v) is 4.56. The summed E-state index contributed by atoms with van der Waals surface area (Å²) in [6.45, 7) is 8.00. The number of hydrogen-bond acceptors (Lipinski definition) is 3. The third-order valence-corrected chi connectivity index (χ3v) is 5.50. The summed E-state index contributed by atoms with van der Waals surface area (Å²) in [7, 11) is 0. The van der Waals surface area contributed by atoms with Gasteiger partial charge in [0.15, 0.2) is 0 Å². The van der Waals surface area contributed by atoms with Crippen LogP contribution in [0.1, 0.15) is 30.0 Å². The summed E-state index contributed by atoms with van der Waals surface area (Å²) in [6, 6.07) is 5.12. The Balaban J connectivity index is 1.89. The summed E-state index contributed by atoms with van der Waals surface area (Å²) in [5.41, 5.74) is 0.456. The molecule has 2 heterocycles. The van der Waals surface area contributed by atoms with Crippen LogP contribution in [0, 0.1) is 12.3 Å². The van der Waals surface area contributed by atoms with E-state index in [1.165, 1.54) is 27.7 Å². The van der Waals surface area contributed by atoms with E-state index in [-0.39, 0.29) is 0 Å². The maximum absolute atomic E-state index is 3.73.